The Labute approximate surface area is 193 Å². The average Bonchev–Trinajstić information content (AvgIpc) is 3.00. The van der Waals surface area contributed by atoms with Crippen LogP contribution in [0.3, 0.4) is 0 Å². The number of fused-ring (bicyclic) bond motifs is 3. The predicted octanol–water partition coefficient (Wildman–Crippen LogP) is 3.98. The summed E-state index contributed by atoms with van der Waals surface area (Å²) in [4.78, 5) is 39.5. The summed E-state index contributed by atoms with van der Waals surface area (Å²) in [6.45, 7) is 1.45. The first kappa shape index (κ1) is 24.6. The van der Waals surface area contributed by atoms with Gasteiger partial charge >= 0.3 is 11.9 Å². The second-order valence-corrected chi connectivity index (χ2v) is 9.44. The van der Waals surface area contributed by atoms with E-state index >= 15 is 0 Å². The number of hydrogen-bond donors (Lipinski definition) is 1. The van der Waals surface area contributed by atoms with Crippen LogP contribution in [0.5, 0.6) is 0 Å². The first-order chi connectivity index (χ1) is 15.5. The second kappa shape index (κ2) is 11.7. The largest absolute Gasteiger partial charge is 0.465 e. The minimum atomic E-state index is -1.96. The summed E-state index contributed by atoms with van der Waals surface area (Å²) in [6.07, 6.45) is 8.42. The van der Waals surface area contributed by atoms with Gasteiger partial charge in [0.2, 0.25) is 0 Å². The highest BCUT2D eigenvalue weighted by Crippen LogP contribution is 2.44. The zero-order valence-corrected chi connectivity index (χ0v) is 19.5. The number of ether oxygens (including phenoxy) is 2. The summed E-state index contributed by atoms with van der Waals surface area (Å²) in [5.41, 5.74) is -1.32. The smallest absolute Gasteiger partial charge is 0.324 e. The highest BCUT2D eigenvalue weighted by molar-refractivity contribution is 8.00. The number of carbonyl (C=O) groups excluding carboxylic acids is 3. The minimum absolute atomic E-state index is 0.163. The lowest BCUT2D eigenvalue weighted by molar-refractivity contribution is -0.169. The maximum Gasteiger partial charge on any atom is 0.324 e. The fourth-order valence-electron chi connectivity index (χ4n) is 4.28. The summed E-state index contributed by atoms with van der Waals surface area (Å²) in [7, 11) is 0. The Hall–Kier alpha value is -2.06. The predicted molar refractivity (Wildman–Crippen MR) is 122 cm³/mol. The molecule has 1 amide bonds. The van der Waals surface area contributed by atoms with E-state index in [4.69, 9.17) is 9.47 Å². The molecule has 1 aromatic rings. The van der Waals surface area contributed by atoms with E-state index in [9.17, 15) is 19.5 Å². The Morgan fingerprint density at radius 1 is 1.12 bits per heavy atom. The SMILES string of the molecule is CCOC(=O)C1SCCCCCCCCCCC(=O)OCN2C(=O)c3ccccc3C12O. The van der Waals surface area contributed by atoms with Gasteiger partial charge in [0, 0.05) is 17.5 Å². The molecule has 0 saturated carbocycles. The number of carbonyl (C=O) groups is 3. The highest BCUT2D eigenvalue weighted by Gasteiger charge is 2.57. The number of amides is 1. The van der Waals surface area contributed by atoms with Crippen molar-refractivity contribution in [1.82, 2.24) is 4.90 Å². The number of thioether (sulfide) groups is 1. The molecule has 7 nitrogen and oxygen atoms in total. The van der Waals surface area contributed by atoms with Crippen molar-refractivity contribution >= 4 is 29.6 Å². The van der Waals surface area contributed by atoms with Gasteiger partial charge in [0.15, 0.2) is 17.7 Å². The summed E-state index contributed by atoms with van der Waals surface area (Å²) < 4.78 is 10.7. The molecular formula is C24H33NO6S. The number of rotatable bonds is 2. The van der Waals surface area contributed by atoms with E-state index < -0.39 is 35.6 Å². The maximum absolute atomic E-state index is 13.2. The molecule has 8 heteroatoms. The molecule has 2 aliphatic rings. The third kappa shape index (κ3) is 5.46. The number of hydrogen-bond acceptors (Lipinski definition) is 7. The van der Waals surface area contributed by atoms with Gasteiger partial charge in [0.05, 0.1) is 6.61 Å². The molecule has 2 unspecified atom stereocenters. The number of aliphatic hydroxyl groups is 1. The molecule has 0 aromatic heterocycles. The van der Waals surface area contributed by atoms with Gasteiger partial charge in [0.25, 0.3) is 5.91 Å². The lowest BCUT2D eigenvalue weighted by Gasteiger charge is -2.38. The van der Waals surface area contributed by atoms with Crippen molar-refractivity contribution in [2.24, 2.45) is 0 Å². The number of esters is 2. The van der Waals surface area contributed by atoms with Gasteiger partial charge in [-0.05, 0) is 31.6 Å². The molecule has 32 heavy (non-hydrogen) atoms. The van der Waals surface area contributed by atoms with E-state index in [0.717, 1.165) is 56.3 Å². The van der Waals surface area contributed by atoms with Crippen molar-refractivity contribution in [3.8, 4) is 0 Å². The summed E-state index contributed by atoms with van der Waals surface area (Å²) in [5.74, 6) is -0.821. The van der Waals surface area contributed by atoms with Crippen LogP contribution in [0.4, 0.5) is 0 Å². The van der Waals surface area contributed by atoms with E-state index in [1.54, 1.807) is 31.2 Å². The zero-order valence-electron chi connectivity index (χ0n) is 18.7. The highest BCUT2D eigenvalue weighted by atomic mass is 32.2. The van der Waals surface area contributed by atoms with Crippen LogP contribution in [0.1, 0.15) is 80.6 Å². The number of nitrogens with zero attached hydrogens (tertiary/aromatic N) is 1. The van der Waals surface area contributed by atoms with E-state index in [0.29, 0.717) is 16.9 Å². The van der Waals surface area contributed by atoms with Gasteiger partial charge in [0.1, 0.15) is 0 Å². The lowest BCUT2D eigenvalue weighted by atomic mass is 9.98. The summed E-state index contributed by atoms with van der Waals surface area (Å²) in [5, 5.41) is 10.9. The Morgan fingerprint density at radius 3 is 2.50 bits per heavy atom. The van der Waals surface area contributed by atoms with Crippen LogP contribution >= 0.6 is 11.8 Å². The normalized spacial score (nSPS) is 25.9. The molecular weight excluding hydrogens is 430 g/mol. The van der Waals surface area contributed by atoms with Crippen molar-refractivity contribution in [3.63, 3.8) is 0 Å². The summed E-state index contributed by atoms with van der Waals surface area (Å²) >= 11 is 1.29. The quantitative estimate of drug-likeness (QED) is 0.663. The number of benzene rings is 1. The van der Waals surface area contributed by atoms with Crippen LogP contribution in [-0.2, 0) is 24.8 Å². The van der Waals surface area contributed by atoms with Crippen molar-refractivity contribution in [2.45, 2.75) is 75.7 Å². The van der Waals surface area contributed by atoms with E-state index in [1.165, 1.54) is 11.8 Å². The van der Waals surface area contributed by atoms with Crippen molar-refractivity contribution < 1.29 is 29.0 Å². The molecule has 0 radical (unpaired) electrons. The second-order valence-electron chi connectivity index (χ2n) is 8.23. The molecule has 2 atom stereocenters. The monoisotopic (exact) mass is 463 g/mol. The lowest BCUT2D eigenvalue weighted by Crippen LogP contribution is -2.55. The third-order valence-corrected chi connectivity index (χ3v) is 7.37. The van der Waals surface area contributed by atoms with Gasteiger partial charge in [-0.25, -0.2) is 0 Å². The Bertz CT molecular complexity index is 815. The molecule has 3 rings (SSSR count). The first-order valence-electron chi connectivity index (χ1n) is 11.6. The Balaban J connectivity index is 1.93. The standard InChI is InChI=1S/C24H33NO6S/c1-2-30-23(28)21-24(29)19-14-11-10-13-18(19)22(27)25(24)17-31-20(26)15-9-7-5-3-4-6-8-12-16-32-21/h10-11,13-14,21,29H,2-9,12,15-17H2,1H3. The van der Waals surface area contributed by atoms with E-state index in [1.807, 2.05) is 0 Å². The van der Waals surface area contributed by atoms with Gasteiger partial charge in [-0.3, -0.25) is 19.3 Å². The fourth-order valence-corrected chi connectivity index (χ4v) is 5.58. The minimum Gasteiger partial charge on any atom is -0.465 e. The van der Waals surface area contributed by atoms with Crippen LogP contribution in [0.2, 0.25) is 0 Å². The van der Waals surface area contributed by atoms with Crippen LogP contribution in [0.25, 0.3) is 0 Å². The van der Waals surface area contributed by atoms with E-state index in [2.05, 4.69) is 0 Å². The summed E-state index contributed by atoms with van der Waals surface area (Å²) in [6, 6.07) is 6.68. The average molecular weight is 464 g/mol. The van der Waals surface area contributed by atoms with Crippen LogP contribution in [-0.4, -0.2) is 52.2 Å². The maximum atomic E-state index is 13.2. The number of cyclic esters (lactones) is 1. The molecule has 2 aliphatic heterocycles. The first-order valence-corrected chi connectivity index (χ1v) is 12.6. The van der Waals surface area contributed by atoms with Gasteiger partial charge in [-0.2, -0.15) is 0 Å². The van der Waals surface area contributed by atoms with Crippen molar-refractivity contribution in [2.75, 3.05) is 19.1 Å². The van der Waals surface area contributed by atoms with Crippen molar-refractivity contribution in [1.29, 1.82) is 0 Å². The van der Waals surface area contributed by atoms with Crippen LogP contribution in [0.15, 0.2) is 24.3 Å². The molecule has 176 valence electrons. The Morgan fingerprint density at radius 2 is 1.78 bits per heavy atom. The van der Waals surface area contributed by atoms with Crippen molar-refractivity contribution in [3.05, 3.63) is 35.4 Å². The molecule has 1 N–H and O–H groups in total. The van der Waals surface area contributed by atoms with E-state index in [-0.39, 0.29) is 13.0 Å². The Kier molecular flexibility index (Phi) is 8.99. The molecule has 0 bridgehead atoms. The molecule has 1 aromatic carbocycles. The molecule has 0 aliphatic carbocycles. The topological polar surface area (TPSA) is 93.1 Å². The molecule has 2 heterocycles. The van der Waals surface area contributed by atoms with Gasteiger partial charge in [-0.1, -0.05) is 56.7 Å². The molecule has 1 saturated heterocycles. The fraction of sp³-hybridized carbons (Fsp3) is 0.625. The molecule has 1 fully saturated rings. The third-order valence-electron chi connectivity index (χ3n) is 5.99. The van der Waals surface area contributed by atoms with Gasteiger partial charge in [-0.15, -0.1) is 11.8 Å². The van der Waals surface area contributed by atoms with Crippen LogP contribution in [0, 0.1) is 0 Å². The molecule has 0 spiro atoms. The zero-order chi connectivity index (χ0) is 23.0. The van der Waals surface area contributed by atoms with Crippen LogP contribution < -0.4 is 0 Å². The van der Waals surface area contributed by atoms with Gasteiger partial charge < -0.3 is 14.6 Å².